The quantitative estimate of drug-likeness (QED) is 0.375. The van der Waals surface area contributed by atoms with Gasteiger partial charge in [0.05, 0.1) is 0 Å². The van der Waals surface area contributed by atoms with Crippen LogP contribution in [0.2, 0.25) is 5.02 Å². The van der Waals surface area contributed by atoms with Crippen molar-refractivity contribution < 1.29 is 9.53 Å². The Kier molecular flexibility index (Phi) is 4.64. The van der Waals surface area contributed by atoms with Gasteiger partial charge in [-0.2, -0.15) is 0 Å². The van der Waals surface area contributed by atoms with Crippen molar-refractivity contribution in [2.45, 2.75) is 6.92 Å². The van der Waals surface area contributed by atoms with Gasteiger partial charge in [-0.25, -0.2) is 0 Å². The lowest BCUT2D eigenvalue weighted by Gasteiger charge is -2.05. The van der Waals surface area contributed by atoms with Crippen molar-refractivity contribution in [3.8, 4) is 5.75 Å². The molecule has 20 heavy (non-hydrogen) atoms. The number of carbonyl (C=O) groups is 1. The highest BCUT2D eigenvalue weighted by Crippen LogP contribution is 2.21. The average molecular weight is 285 g/mol. The van der Waals surface area contributed by atoms with E-state index < -0.39 is 0 Å². The summed E-state index contributed by atoms with van der Waals surface area (Å²) in [5.41, 5.74) is 3.02. The van der Waals surface area contributed by atoms with Gasteiger partial charge < -0.3 is 4.74 Å². The van der Waals surface area contributed by atoms with E-state index in [4.69, 9.17) is 16.3 Å². The second-order valence-corrected chi connectivity index (χ2v) is 4.90. The van der Waals surface area contributed by atoms with Gasteiger partial charge in [0.15, 0.2) is 0 Å². The molecule has 100 valence electrons. The van der Waals surface area contributed by atoms with Gasteiger partial charge in [-0.05, 0) is 23.8 Å². The van der Waals surface area contributed by atoms with Crippen LogP contribution in [0.25, 0.3) is 12.2 Å². The molecule has 0 amide bonds. The molecule has 0 saturated heterocycles. The number of rotatable bonds is 3. The first-order valence-electron chi connectivity index (χ1n) is 6.28. The Balaban J connectivity index is 2.31. The van der Waals surface area contributed by atoms with E-state index in [1.807, 2.05) is 56.4 Å². The Labute approximate surface area is 124 Å². The van der Waals surface area contributed by atoms with E-state index in [0.717, 1.165) is 16.6 Å². The van der Waals surface area contributed by atoms with E-state index >= 15 is 0 Å². The summed E-state index contributed by atoms with van der Waals surface area (Å²) in [6.45, 7) is 1.39. The van der Waals surface area contributed by atoms with Crippen LogP contribution in [0, 0.1) is 0 Å². The molecule has 2 aromatic rings. The molecule has 0 fully saturated rings. The monoisotopic (exact) mass is 284 g/mol. The highest BCUT2D eigenvalue weighted by atomic mass is 35.5. The van der Waals surface area contributed by atoms with Gasteiger partial charge in [0.1, 0.15) is 13.6 Å². The molecular formula is C16H14BClO2. The second kappa shape index (κ2) is 6.44. The minimum atomic E-state index is -0.329. The third kappa shape index (κ3) is 3.75. The second-order valence-electron chi connectivity index (χ2n) is 4.47. The third-order valence-corrected chi connectivity index (χ3v) is 3.09. The first kappa shape index (κ1) is 14.4. The summed E-state index contributed by atoms with van der Waals surface area (Å²) in [7, 11) is 2.02. The Morgan fingerprint density at radius 2 is 1.85 bits per heavy atom. The minimum Gasteiger partial charge on any atom is -0.426 e. The predicted octanol–water partition coefficient (Wildman–Crippen LogP) is 2.69. The van der Waals surface area contributed by atoms with Crippen molar-refractivity contribution in [2.75, 3.05) is 0 Å². The molecule has 0 bridgehead atoms. The number of para-hydroxylation sites is 1. The smallest absolute Gasteiger partial charge is 0.308 e. The van der Waals surface area contributed by atoms with E-state index in [9.17, 15) is 4.79 Å². The summed E-state index contributed by atoms with van der Waals surface area (Å²) >= 11 is 6.00. The number of ether oxygens (including phenoxy) is 1. The molecule has 2 aromatic carbocycles. The number of esters is 1. The van der Waals surface area contributed by atoms with Crippen LogP contribution in [0.1, 0.15) is 18.1 Å². The predicted molar refractivity (Wildman–Crippen MR) is 86.3 cm³/mol. The first-order chi connectivity index (χ1) is 9.56. The zero-order valence-corrected chi connectivity index (χ0v) is 12.1. The molecule has 0 aliphatic carbocycles. The molecule has 2 nitrogen and oxygen atoms in total. The van der Waals surface area contributed by atoms with Crippen LogP contribution < -0.4 is 10.2 Å². The summed E-state index contributed by atoms with van der Waals surface area (Å²) in [5.74, 6) is 0.223. The molecule has 0 aromatic heterocycles. The van der Waals surface area contributed by atoms with E-state index in [0.29, 0.717) is 10.8 Å². The van der Waals surface area contributed by atoms with Gasteiger partial charge >= 0.3 is 5.97 Å². The van der Waals surface area contributed by atoms with Crippen LogP contribution in [0.3, 0.4) is 0 Å². The van der Waals surface area contributed by atoms with Gasteiger partial charge in [-0.3, -0.25) is 4.79 Å². The fraction of sp³-hybridized carbons (Fsp3) is 0.0625. The Bertz CT molecular complexity index is 665. The lowest BCUT2D eigenvalue weighted by Crippen LogP contribution is -2.05. The molecule has 2 rings (SSSR count). The summed E-state index contributed by atoms with van der Waals surface area (Å²) in [6.07, 6.45) is 3.88. The Hall–Kier alpha value is -2.00. The lowest BCUT2D eigenvalue weighted by atomic mass is 9.90. The highest BCUT2D eigenvalue weighted by Gasteiger charge is 2.03. The van der Waals surface area contributed by atoms with Crippen molar-refractivity contribution in [3.63, 3.8) is 0 Å². The van der Waals surface area contributed by atoms with Crippen LogP contribution >= 0.6 is 11.6 Å². The van der Waals surface area contributed by atoms with E-state index in [-0.39, 0.29) is 5.97 Å². The molecule has 0 unspecified atom stereocenters. The Morgan fingerprint density at radius 3 is 2.60 bits per heavy atom. The fourth-order valence-electron chi connectivity index (χ4n) is 1.84. The highest BCUT2D eigenvalue weighted by molar-refractivity contribution is 6.36. The zero-order valence-electron chi connectivity index (χ0n) is 11.4. The number of hydrogen-bond donors (Lipinski definition) is 0. The maximum atomic E-state index is 11.1. The lowest BCUT2D eigenvalue weighted by molar-refractivity contribution is -0.131. The fourth-order valence-corrected chi connectivity index (χ4v) is 2.02. The topological polar surface area (TPSA) is 26.3 Å². The van der Waals surface area contributed by atoms with Gasteiger partial charge in [0, 0.05) is 17.5 Å². The van der Waals surface area contributed by atoms with Crippen molar-refractivity contribution in [2.24, 2.45) is 0 Å². The van der Waals surface area contributed by atoms with Gasteiger partial charge in [0.2, 0.25) is 0 Å². The van der Waals surface area contributed by atoms with Crippen LogP contribution in [0.4, 0.5) is 0 Å². The molecule has 0 aliphatic rings. The van der Waals surface area contributed by atoms with Crippen LogP contribution in [-0.2, 0) is 4.79 Å². The molecule has 0 heterocycles. The number of hydrogen-bond acceptors (Lipinski definition) is 2. The first-order valence-corrected chi connectivity index (χ1v) is 6.66. The number of benzene rings is 2. The SMILES string of the molecule is Bc1ccc(Cl)cc1/C=C/c1ccccc1OC(C)=O. The van der Waals surface area contributed by atoms with Crippen LogP contribution in [0.5, 0.6) is 5.75 Å². The summed E-state index contributed by atoms with van der Waals surface area (Å²) in [5, 5.41) is 0.698. The van der Waals surface area contributed by atoms with Gasteiger partial charge in [-0.1, -0.05) is 53.5 Å². The molecule has 0 atom stereocenters. The van der Waals surface area contributed by atoms with Crippen LogP contribution in [-0.4, -0.2) is 13.8 Å². The largest absolute Gasteiger partial charge is 0.426 e. The molecule has 4 heteroatoms. The molecule has 0 N–H and O–H groups in total. The normalized spacial score (nSPS) is 10.7. The number of halogens is 1. The molecule has 0 aliphatic heterocycles. The van der Waals surface area contributed by atoms with E-state index in [1.54, 1.807) is 6.07 Å². The van der Waals surface area contributed by atoms with E-state index in [1.165, 1.54) is 6.92 Å². The van der Waals surface area contributed by atoms with Crippen molar-refractivity contribution >= 4 is 43.0 Å². The average Bonchev–Trinajstić information content (AvgIpc) is 2.41. The Morgan fingerprint density at radius 1 is 1.15 bits per heavy atom. The molecule has 0 radical (unpaired) electrons. The molecule has 0 spiro atoms. The standard InChI is InChI=1S/C16H14BClO2/c1-11(19)20-16-5-3-2-4-12(16)6-7-13-10-14(18)8-9-15(13)17/h2-10H,17H2,1H3/b7-6+. The molecule has 0 saturated carbocycles. The maximum Gasteiger partial charge on any atom is 0.308 e. The summed E-state index contributed by atoms with van der Waals surface area (Å²) in [4.78, 5) is 11.1. The number of carbonyl (C=O) groups excluding carboxylic acids is 1. The zero-order chi connectivity index (χ0) is 14.5. The van der Waals surface area contributed by atoms with Gasteiger partial charge in [0.25, 0.3) is 0 Å². The van der Waals surface area contributed by atoms with Crippen LogP contribution in [0.15, 0.2) is 42.5 Å². The van der Waals surface area contributed by atoms with Gasteiger partial charge in [-0.15, -0.1) is 0 Å². The summed E-state index contributed by atoms with van der Waals surface area (Å²) in [6, 6.07) is 13.1. The minimum absolute atomic E-state index is 0.329. The third-order valence-electron chi connectivity index (χ3n) is 2.86. The molecular weight excluding hydrogens is 270 g/mol. The van der Waals surface area contributed by atoms with Crippen molar-refractivity contribution in [1.29, 1.82) is 0 Å². The van der Waals surface area contributed by atoms with Crippen molar-refractivity contribution in [1.82, 2.24) is 0 Å². The maximum absolute atomic E-state index is 11.1. The summed E-state index contributed by atoms with van der Waals surface area (Å²) < 4.78 is 5.17. The van der Waals surface area contributed by atoms with E-state index in [2.05, 4.69) is 0 Å². The van der Waals surface area contributed by atoms with Crippen molar-refractivity contribution in [3.05, 3.63) is 58.6 Å².